The maximum absolute atomic E-state index is 12.1. The molecule has 0 aromatic heterocycles. The molecule has 0 saturated carbocycles. The van der Waals surface area contributed by atoms with E-state index in [9.17, 15) is 9.59 Å². The summed E-state index contributed by atoms with van der Waals surface area (Å²) in [6, 6.07) is -0.845. The molecule has 1 atom stereocenters. The van der Waals surface area contributed by atoms with Crippen molar-refractivity contribution >= 4 is 12.0 Å². The van der Waals surface area contributed by atoms with Crippen LogP contribution in [0.5, 0.6) is 0 Å². The number of nitrogens with zero attached hydrogens (tertiary/aromatic N) is 1. The first kappa shape index (κ1) is 17.7. The molecule has 0 aliphatic rings. The van der Waals surface area contributed by atoms with Crippen LogP contribution in [0.3, 0.4) is 0 Å². The summed E-state index contributed by atoms with van der Waals surface area (Å²) in [4.78, 5) is 25.7. The lowest BCUT2D eigenvalue weighted by Crippen LogP contribution is -2.51. The summed E-state index contributed by atoms with van der Waals surface area (Å²) in [6.07, 6.45) is 0. The van der Waals surface area contributed by atoms with E-state index in [4.69, 9.17) is 4.74 Å². The number of carbonyl (C=O) groups excluding carboxylic acids is 2. The number of amides is 2. The maximum Gasteiger partial charge on any atom is 0.329 e. The zero-order valence-electron chi connectivity index (χ0n) is 13.2. The van der Waals surface area contributed by atoms with Crippen molar-refractivity contribution in [3.8, 4) is 0 Å². The maximum atomic E-state index is 12.1. The van der Waals surface area contributed by atoms with E-state index in [1.807, 2.05) is 48.5 Å². The van der Waals surface area contributed by atoms with Gasteiger partial charge >= 0.3 is 12.0 Å². The monoisotopic (exact) mass is 272 g/mol. The third-order valence-electron chi connectivity index (χ3n) is 2.66. The Labute approximate surface area is 116 Å². The molecule has 0 bridgehead atoms. The highest BCUT2D eigenvalue weighted by molar-refractivity contribution is 5.84. The van der Waals surface area contributed by atoms with Crippen LogP contribution in [0.1, 0.15) is 48.5 Å². The highest BCUT2D eigenvalue weighted by Crippen LogP contribution is 2.12. The van der Waals surface area contributed by atoms with E-state index in [2.05, 4.69) is 5.32 Å². The Morgan fingerprint density at radius 2 is 1.63 bits per heavy atom. The summed E-state index contributed by atoms with van der Waals surface area (Å²) in [5.41, 5.74) is -0.551. The first-order valence-corrected chi connectivity index (χ1v) is 6.90. The van der Waals surface area contributed by atoms with Gasteiger partial charge in [-0.2, -0.15) is 0 Å². The van der Waals surface area contributed by atoms with Crippen LogP contribution in [-0.2, 0) is 9.53 Å². The minimum atomic E-state index is -0.618. The Morgan fingerprint density at radius 3 is 1.95 bits per heavy atom. The normalized spacial score (nSPS) is 13.1. The van der Waals surface area contributed by atoms with Crippen LogP contribution in [0.4, 0.5) is 4.79 Å². The Hall–Kier alpha value is -1.26. The highest BCUT2D eigenvalue weighted by Gasteiger charge is 2.30. The summed E-state index contributed by atoms with van der Waals surface area (Å²) < 4.78 is 5.34. The molecule has 0 rings (SSSR count). The van der Waals surface area contributed by atoms with E-state index < -0.39 is 11.6 Å². The molecule has 0 fully saturated rings. The molecule has 0 aromatic carbocycles. The Bertz CT molecular complexity index is 304. The van der Waals surface area contributed by atoms with Crippen LogP contribution >= 0.6 is 0 Å². The smallest absolute Gasteiger partial charge is 0.329 e. The van der Waals surface area contributed by atoms with Crippen LogP contribution in [0, 0.1) is 5.92 Å². The number of rotatable bonds is 5. The fraction of sp³-hybridized carbons (Fsp3) is 0.857. The standard InChI is InChI=1S/C14H28N2O3/c1-8-16(9-2)13(18)15-11(10(3)4)12(17)19-14(5,6)7/h10-11H,8-9H2,1-7H3,(H,15,18)/t11-/m1/s1. The third kappa shape index (κ3) is 6.45. The van der Waals surface area contributed by atoms with Gasteiger partial charge in [0.15, 0.2) is 0 Å². The number of carbonyl (C=O) groups is 2. The number of hydrogen-bond acceptors (Lipinski definition) is 3. The zero-order chi connectivity index (χ0) is 15.2. The fourth-order valence-corrected chi connectivity index (χ4v) is 1.60. The lowest BCUT2D eigenvalue weighted by molar-refractivity contribution is -0.158. The molecule has 0 unspecified atom stereocenters. The van der Waals surface area contributed by atoms with Gasteiger partial charge in [-0.05, 0) is 40.5 Å². The van der Waals surface area contributed by atoms with Gasteiger partial charge in [-0.1, -0.05) is 13.8 Å². The van der Waals surface area contributed by atoms with Gasteiger partial charge in [0, 0.05) is 13.1 Å². The molecule has 0 aliphatic carbocycles. The van der Waals surface area contributed by atoms with Gasteiger partial charge in [0.1, 0.15) is 11.6 Å². The second kappa shape index (κ2) is 7.36. The third-order valence-corrected chi connectivity index (χ3v) is 2.66. The molecule has 5 nitrogen and oxygen atoms in total. The molecule has 19 heavy (non-hydrogen) atoms. The van der Waals surface area contributed by atoms with Crippen molar-refractivity contribution in [2.24, 2.45) is 5.92 Å². The molecule has 0 aromatic rings. The SMILES string of the molecule is CCN(CC)C(=O)N[C@@H](C(=O)OC(C)(C)C)C(C)C. The molecule has 2 amide bonds. The van der Waals surface area contributed by atoms with Crippen LogP contribution in [0.25, 0.3) is 0 Å². The van der Waals surface area contributed by atoms with E-state index in [0.29, 0.717) is 13.1 Å². The van der Waals surface area contributed by atoms with Gasteiger partial charge in [0.2, 0.25) is 0 Å². The minimum absolute atomic E-state index is 0.0191. The lowest BCUT2D eigenvalue weighted by Gasteiger charge is -2.28. The Kier molecular flexibility index (Phi) is 6.87. The van der Waals surface area contributed by atoms with E-state index in [1.54, 1.807) is 4.90 Å². The average molecular weight is 272 g/mol. The van der Waals surface area contributed by atoms with Gasteiger partial charge in [-0.15, -0.1) is 0 Å². The number of ether oxygens (including phenoxy) is 1. The quantitative estimate of drug-likeness (QED) is 0.782. The molecular weight excluding hydrogens is 244 g/mol. The van der Waals surface area contributed by atoms with Gasteiger partial charge in [0.05, 0.1) is 0 Å². The number of esters is 1. The topological polar surface area (TPSA) is 58.6 Å². The van der Waals surface area contributed by atoms with Crippen molar-refractivity contribution in [1.29, 1.82) is 0 Å². The van der Waals surface area contributed by atoms with Gasteiger partial charge in [0.25, 0.3) is 0 Å². The van der Waals surface area contributed by atoms with E-state index in [1.165, 1.54) is 0 Å². The first-order valence-electron chi connectivity index (χ1n) is 6.90. The predicted octanol–water partition coefficient (Wildman–Crippen LogP) is 2.40. The summed E-state index contributed by atoms with van der Waals surface area (Å²) in [6.45, 7) is 14.2. The first-order chi connectivity index (χ1) is 8.62. The molecule has 0 radical (unpaired) electrons. The molecule has 0 spiro atoms. The molecule has 0 heterocycles. The summed E-state index contributed by atoms with van der Waals surface area (Å²) in [5.74, 6) is -0.405. The van der Waals surface area contributed by atoms with Crippen molar-refractivity contribution in [2.45, 2.75) is 60.1 Å². The van der Waals surface area contributed by atoms with Gasteiger partial charge in [-0.3, -0.25) is 0 Å². The number of hydrogen-bond donors (Lipinski definition) is 1. The largest absolute Gasteiger partial charge is 0.458 e. The lowest BCUT2D eigenvalue weighted by atomic mass is 10.0. The number of urea groups is 1. The zero-order valence-corrected chi connectivity index (χ0v) is 13.2. The Balaban J connectivity index is 4.75. The Morgan fingerprint density at radius 1 is 1.16 bits per heavy atom. The fourth-order valence-electron chi connectivity index (χ4n) is 1.60. The van der Waals surface area contributed by atoms with E-state index in [-0.39, 0.29) is 17.9 Å². The van der Waals surface area contributed by atoms with Crippen molar-refractivity contribution in [3.63, 3.8) is 0 Å². The van der Waals surface area contributed by atoms with Crippen molar-refractivity contribution < 1.29 is 14.3 Å². The highest BCUT2D eigenvalue weighted by atomic mass is 16.6. The van der Waals surface area contributed by atoms with Crippen LogP contribution in [0.15, 0.2) is 0 Å². The van der Waals surface area contributed by atoms with Crippen LogP contribution < -0.4 is 5.32 Å². The number of nitrogens with one attached hydrogen (secondary N) is 1. The van der Waals surface area contributed by atoms with E-state index >= 15 is 0 Å². The second-order valence-electron chi connectivity index (χ2n) is 5.88. The second-order valence-corrected chi connectivity index (χ2v) is 5.88. The molecule has 5 heteroatoms. The summed E-state index contributed by atoms with van der Waals surface area (Å²) in [5, 5.41) is 2.75. The molecule has 112 valence electrons. The molecule has 0 saturated heterocycles. The van der Waals surface area contributed by atoms with Gasteiger partial charge < -0.3 is 15.0 Å². The van der Waals surface area contributed by atoms with Crippen LogP contribution in [-0.4, -0.2) is 41.6 Å². The van der Waals surface area contributed by atoms with Crippen molar-refractivity contribution in [2.75, 3.05) is 13.1 Å². The van der Waals surface area contributed by atoms with Crippen molar-refractivity contribution in [3.05, 3.63) is 0 Å². The van der Waals surface area contributed by atoms with Gasteiger partial charge in [-0.25, -0.2) is 9.59 Å². The molecular formula is C14H28N2O3. The molecule has 0 aliphatic heterocycles. The predicted molar refractivity (Wildman–Crippen MR) is 75.9 cm³/mol. The van der Waals surface area contributed by atoms with Crippen LogP contribution in [0.2, 0.25) is 0 Å². The molecule has 1 N–H and O–H groups in total. The minimum Gasteiger partial charge on any atom is -0.458 e. The average Bonchev–Trinajstić information content (AvgIpc) is 2.24. The van der Waals surface area contributed by atoms with E-state index in [0.717, 1.165) is 0 Å². The summed E-state index contributed by atoms with van der Waals surface area (Å²) >= 11 is 0. The van der Waals surface area contributed by atoms with Crippen molar-refractivity contribution in [1.82, 2.24) is 10.2 Å². The summed E-state index contributed by atoms with van der Waals surface area (Å²) in [7, 11) is 0.